The van der Waals surface area contributed by atoms with Crippen molar-refractivity contribution >= 4 is 5.91 Å². The summed E-state index contributed by atoms with van der Waals surface area (Å²) < 4.78 is 10.8. The second-order valence-corrected chi connectivity index (χ2v) is 5.34. The van der Waals surface area contributed by atoms with Crippen molar-refractivity contribution in [3.8, 4) is 5.75 Å². The van der Waals surface area contributed by atoms with Crippen molar-refractivity contribution in [2.75, 3.05) is 32.9 Å². The van der Waals surface area contributed by atoms with Crippen LogP contribution in [0.3, 0.4) is 0 Å². The number of carbonyl (C=O) groups excluding carboxylic acids is 1. The Morgan fingerprint density at radius 3 is 2.57 bits per heavy atom. The lowest BCUT2D eigenvalue weighted by Gasteiger charge is -2.37. The van der Waals surface area contributed by atoms with Crippen molar-refractivity contribution in [1.29, 1.82) is 0 Å². The van der Waals surface area contributed by atoms with Gasteiger partial charge in [-0.1, -0.05) is 18.2 Å². The molecule has 5 heteroatoms. The zero-order valence-electron chi connectivity index (χ0n) is 12.5. The van der Waals surface area contributed by atoms with E-state index in [0.29, 0.717) is 32.5 Å². The first-order chi connectivity index (χ1) is 10.1. The average molecular weight is 293 g/mol. The maximum atomic E-state index is 11.8. The molecule has 1 aliphatic heterocycles. The van der Waals surface area contributed by atoms with E-state index in [1.54, 1.807) is 4.90 Å². The van der Waals surface area contributed by atoms with E-state index < -0.39 is 5.60 Å². The van der Waals surface area contributed by atoms with E-state index in [-0.39, 0.29) is 19.1 Å². The normalized spacial score (nSPS) is 17.5. The van der Waals surface area contributed by atoms with Gasteiger partial charge in [-0.3, -0.25) is 4.79 Å². The SMILES string of the molecule is CCOCC(=O)N1CCC(O)(COc2ccccc2)CC1. The van der Waals surface area contributed by atoms with Crippen molar-refractivity contribution in [3.05, 3.63) is 30.3 Å². The van der Waals surface area contributed by atoms with Gasteiger partial charge in [-0.05, 0) is 31.9 Å². The van der Waals surface area contributed by atoms with Gasteiger partial charge >= 0.3 is 0 Å². The number of nitrogens with zero attached hydrogens (tertiary/aromatic N) is 1. The standard InChI is InChI=1S/C16H23NO4/c1-2-20-12-15(18)17-10-8-16(19,9-11-17)13-21-14-6-4-3-5-7-14/h3-7,19H,2,8-13H2,1H3. The number of hydrogen-bond acceptors (Lipinski definition) is 4. The second kappa shape index (κ2) is 7.43. The highest BCUT2D eigenvalue weighted by Gasteiger charge is 2.34. The third kappa shape index (κ3) is 4.72. The number of aliphatic hydroxyl groups is 1. The van der Waals surface area contributed by atoms with Crippen molar-refractivity contribution in [2.45, 2.75) is 25.4 Å². The molecule has 1 heterocycles. The molecule has 1 aliphatic rings. The molecule has 0 saturated carbocycles. The number of amides is 1. The molecule has 0 unspecified atom stereocenters. The van der Waals surface area contributed by atoms with Crippen LogP contribution in [0.15, 0.2) is 30.3 Å². The van der Waals surface area contributed by atoms with Crippen molar-refractivity contribution in [1.82, 2.24) is 4.90 Å². The molecule has 0 atom stereocenters. The van der Waals surface area contributed by atoms with Gasteiger partial charge in [-0.15, -0.1) is 0 Å². The van der Waals surface area contributed by atoms with Crippen LogP contribution >= 0.6 is 0 Å². The fourth-order valence-corrected chi connectivity index (χ4v) is 2.33. The number of para-hydroxylation sites is 1. The number of carbonyl (C=O) groups is 1. The van der Waals surface area contributed by atoms with Crippen LogP contribution in [0.1, 0.15) is 19.8 Å². The lowest BCUT2D eigenvalue weighted by Crippen LogP contribution is -2.50. The Bertz CT molecular complexity index is 441. The van der Waals surface area contributed by atoms with Crippen molar-refractivity contribution in [2.24, 2.45) is 0 Å². The maximum Gasteiger partial charge on any atom is 0.248 e. The number of piperidine rings is 1. The molecule has 1 aromatic rings. The quantitative estimate of drug-likeness (QED) is 0.862. The summed E-state index contributed by atoms with van der Waals surface area (Å²) in [6.07, 6.45) is 1.05. The summed E-state index contributed by atoms with van der Waals surface area (Å²) in [5.74, 6) is 0.739. The smallest absolute Gasteiger partial charge is 0.248 e. The van der Waals surface area contributed by atoms with Crippen molar-refractivity contribution < 1.29 is 19.4 Å². The number of rotatable bonds is 6. The molecule has 1 N–H and O–H groups in total. The van der Waals surface area contributed by atoms with Gasteiger partial charge in [0.1, 0.15) is 24.6 Å². The van der Waals surface area contributed by atoms with E-state index in [0.717, 1.165) is 5.75 Å². The van der Waals surface area contributed by atoms with Gasteiger partial charge in [0, 0.05) is 19.7 Å². The molecule has 1 aromatic carbocycles. The van der Waals surface area contributed by atoms with Crippen LogP contribution in [-0.4, -0.2) is 54.4 Å². The van der Waals surface area contributed by atoms with Crippen LogP contribution in [0, 0.1) is 0 Å². The minimum Gasteiger partial charge on any atom is -0.491 e. The predicted octanol–water partition coefficient (Wildman–Crippen LogP) is 1.46. The van der Waals surface area contributed by atoms with Crippen LogP contribution in [0.5, 0.6) is 5.75 Å². The zero-order chi connectivity index (χ0) is 15.1. The highest BCUT2D eigenvalue weighted by molar-refractivity contribution is 5.77. The second-order valence-electron chi connectivity index (χ2n) is 5.34. The van der Waals surface area contributed by atoms with Crippen molar-refractivity contribution in [3.63, 3.8) is 0 Å². The number of likely N-dealkylation sites (tertiary alicyclic amines) is 1. The van der Waals surface area contributed by atoms with Gasteiger partial charge in [0.15, 0.2) is 0 Å². The first-order valence-electron chi connectivity index (χ1n) is 7.39. The van der Waals surface area contributed by atoms with E-state index in [1.165, 1.54) is 0 Å². The van der Waals surface area contributed by atoms with E-state index in [4.69, 9.17) is 9.47 Å². The molecule has 5 nitrogen and oxygen atoms in total. The largest absolute Gasteiger partial charge is 0.491 e. The first-order valence-corrected chi connectivity index (χ1v) is 7.39. The van der Waals surface area contributed by atoms with E-state index in [2.05, 4.69) is 0 Å². The van der Waals surface area contributed by atoms with Crippen LogP contribution in [0.25, 0.3) is 0 Å². The molecule has 1 amide bonds. The summed E-state index contributed by atoms with van der Waals surface area (Å²) in [4.78, 5) is 13.6. The molecule has 0 bridgehead atoms. The monoisotopic (exact) mass is 293 g/mol. The maximum absolute atomic E-state index is 11.8. The summed E-state index contributed by atoms with van der Waals surface area (Å²) in [6, 6.07) is 9.45. The Morgan fingerprint density at radius 1 is 1.29 bits per heavy atom. The third-order valence-electron chi connectivity index (χ3n) is 3.73. The zero-order valence-corrected chi connectivity index (χ0v) is 12.5. The van der Waals surface area contributed by atoms with E-state index in [9.17, 15) is 9.90 Å². The Kier molecular flexibility index (Phi) is 5.59. The molecule has 0 radical (unpaired) electrons. The average Bonchev–Trinajstić information content (AvgIpc) is 2.52. The molecule has 2 rings (SSSR count). The molecular weight excluding hydrogens is 270 g/mol. The third-order valence-corrected chi connectivity index (χ3v) is 3.73. The van der Waals surface area contributed by atoms with E-state index >= 15 is 0 Å². The molecule has 116 valence electrons. The van der Waals surface area contributed by atoms with Crippen LogP contribution in [-0.2, 0) is 9.53 Å². The van der Waals surface area contributed by atoms with Gasteiger partial charge < -0.3 is 19.5 Å². The van der Waals surface area contributed by atoms with Gasteiger partial charge in [-0.2, -0.15) is 0 Å². The summed E-state index contributed by atoms with van der Waals surface area (Å²) in [5, 5.41) is 10.5. The topological polar surface area (TPSA) is 59.0 Å². The molecule has 21 heavy (non-hydrogen) atoms. The van der Waals surface area contributed by atoms with Gasteiger partial charge in [0.05, 0.1) is 0 Å². The lowest BCUT2D eigenvalue weighted by atomic mass is 9.92. The highest BCUT2D eigenvalue weighted by atomic mass is 16.5. The number of ether oxygens (including phenoxy) is 2. The molecule has 1 fully saturated rings. The summed E-state index contributed by atoms with van der Waals surface area (Å²) >= 11 is 0. The van der Waals surface area contributed by atoms with Crippen LogP contribution < -0.4 is 4.74 Å². The summed E-state index contributed by atoms with van der Waals surface area (Å²) in [7, 11) is 0. The molecular formula is C16H23NO4. The van der Waals surface area contributed by atoms with Gasteiger partial charge in [0.2, 0.25) is 5.91 Å². The molecule has 0 aromatic heterocycles. The minimum atomic E-state index is -0.863. The highest BCUT2D eigenvalue weighted by Crippen LogP contribution is 2.23. The van der Waals surface area contributed by atoms with E-state index in [1.807, 2.05) is 37.3 Å². The summed E-state index contributed by atoms with van der Waals surface area (Å²) in [5.41, 5.74) is -0.863. The lowest BCUT2D eigenvalue weighted by molar-refractivity contribution is -0.141. The van der Waals surface area contributed by atoms with Gasteiger partial charge in [0.25, 0.3) is 0 Å². The fourth-order valence-electron chi connectivity index (χ4n) is 2.33. The number of hydrogen-bond donors (Lipinski definition) is 1. The Labute approximate surface area is 125 Å². The van der Waals surface area contributed by atoms with Crippen LogP contribution in [0.2, 0.25) is 0 Å². The first kappa shape index (κ1) is 15.8. The Balaban J connectivity index is 1.77. The Morgan fingerprint density at radius 2 is 1.95 bits per heavy atom. The number of benzene rings is 1. The predicted molar refractivity (Wildman–Crippen MR) is 79.2 cm³/mol. The fraction of sp³-hybridized carbons (Fsp3) is 0.562. The minimum absolute atomic E-state index is 0.0112. The molecule has 0 aliphatic carbocycles. The molecule has 0 spiro atoms. The summed E-state index contributed by atoms with van der Waals surface area (Å²) in [6.45, 7) is 3.86. The van der Waals surface area contributed by atoms with Crippen LogP contribution in [0.4, 0.5) is 0 Å². The molecule has 1 saturated heterocycles. The van der Waals surface area contributed by atoms with Gasteiger partial charge in [-0.25, -0.2) is 0 Å². The Hall–Kier alpha value is -1.59.